The summed E-state index contributed by atoms with van der Waals surface area (Å²) in [5, 5.41) is 6.01. The van der Waals surface area contributed by atoms with Crippen molar-refractivity contribution in [3.05, 3.63) is 23.2 Å². The first-order chi connectivity index (χ1) is 12.8. The fourth-order valence-electron chi connectivity index (χ4n) is 5.71. The maximum Gasteiger partial charge on any atom is 0.243 e. The molecule has 5 rings (SSSR count). The van der Waals surface area contributed by atoms with Crippen LogP contribution < -0.4 is 15.4 Å². The van der Waals surface area contributed by atoms with Crippen molar-refractivity contribution in [1.82, 2.24) is 5.32 Å². The minimum atomic E-state index is -0.393. The molecule has 4 aliphatic carbocycles. The number of rotatable bonds is 5. The molecule has 0 aromatic heterocycles. The zero-order valence-electron chi connectivity index (χ0n) is 15.3. The van der Waals surface area contributed by atoms with Crippen LogP contribution in [0.1, 0.15) is 38.5 Å². The predicted molar refractivity (Wildman–Crippen MR) is 105 cm³/mol. The van der Waals surface area contributed by atoms with Gasteiger partial charge >= 0.3 is 0 Å². The largest absolute Gasteiger partial charge is 0.495 e. The molecule has 1 aromatic rings. The number of anilines is 1. The third kappa shape index (κ3) is 3.64. The van der Waals surface area contributed by atoms with Crippen LogP contribution in [0.5, 0.6) is 5.75 Å². The number of amides is 2. The fraction of sp³-hybridized carbons (Fsp3) is 0.600. The fourth-order valence-corrected chi connectivity index (χ4v) is 6.66. The Kier molecular flexibility index (Phi) is 4.79. The quantitative estimate of drug-likeness (QED) is 0.721. The number of hydrogen-bond donors (Lipinski definition) is 2. The Bertz CT molecular complexity index is 768. The topological polar surface area (TPSA) is 67.4 Å². The number of alkyl halides is 1. The molecule has 4 atom stereocenters. The summed E-state index contributed by atoms with van der Waals surface area (Å²) in [4.78, 5) is 25.0. The summed E-state index contributed by atoms with van der Waals surface area (Å²) in [5.74, 6) is 1.33. The highest BCUT2D eigenvalue weighted by Crippen LogP contribution is 2.63. The van der Waals surface area contributed by atoms with Crippen LogP contribution in [0.4, 0.5) is 5.69 Å². The van der Waals surface area contributed by atoms with Crippen LogP contribution in [-0.2, 0) is 9.59 Å². The van der Waals surface area contributed by atoms with Gasteiger partial charge in [0.15, 0.2) is 0 Å². The van der Waals surface area contributed by atoms with E-state index in [4.69, 9.17) is 27.9 Å². The second-order valence-corrected chi connectivity index (χ2v) is 9.68. The SMILES string of the molecule is COc1ccc(NC(=O)CNC(=O)C23C[C@@H]4C[C@@H](CC(Cl)(C4)C2)C3)cc1Cl. The van der Waals surface area contributed by atoms with Gasteiger partial charge in [-0.25, -0.2) is 0 Å². The van der Waals surface area contributed by atoms with Crippen LogP contribution in [-0.4, -0.2) is 30.3 Å². The third-order valence-electron chi connectivity index (χ3n) is 6.32. The van der Waals surface area contributed by atoms with Crippen molar-refractivity contribution in [3.63, 3.8) is 0 Å². The van der Waals surface area contributed by atoms with E-state index < -0.39 is 5.41 Å². The van der Waals surface area contributed by atoms with Crippen LogP contribution in [0.15, 0.2) is 18.2 Å². The van der Waals surface area contributed by atoms with Crippen LogP contribution >= 0.6 is 23.2 Å². The van der Waals surface area contributed by atoms with Crippen molar-refractivity contribution >= 4 is 40.7 Å². The van der Waals surface area contributed by atoms with Crippen LogP contribution in [0, 0.1) is 17.3 Å². The van der Waals surface area contributed by atoms with E-state index >= 15 is 0 Å². The average Bonchev–Trinajstić information content (AvgIpc) is 2.57. The van der Waals surface area contributed by atoms with E-state index in [1.807, 2.05) is 0 Å². The summed E-state index contributed by atoms with van der Waals surface area (Å²) < 4.78 is 5.10. The molecule has 4 fully saturated rings. The molecule has 0 aliphatic heterocycles. The van der Waals surface area contributed by atoms with Gasteiger partial charge in [0, 0.05) is 10.6 Å². The molecule has 0 radical (unpaired) electrons. The minimum Gasteiger partial charge on any atom is -0.495 e. The number of nitrogens with one attached hydrogen (secondary N) is 2. The average molecular weight is 411 g/mol. The molecule has 27 heavy (non-hydrogen) atoms. The minimum absolute atomic E-state index is 0.0236. The van der Waals surface area contributed by atoms with Gasteiger partial charge in [-0.3, -0.25) is 9.59 Å². The number of hydrogen-bond acceptors (Lipinski definition) is 3. The number of ether oxygens (including phenoxy) is 1. The molecule has 1 aromatic carbocycles. The van der Waals surface area contributed by atoms with E-state index in [1.54, 1.807) is 18.2 Å². The van der Waals surface area contributed by atoms with Gasteiger partial charge in [-0.05, 0) is 68.6 Å². The van der Waals surface area contributed by atoms with Crippen molar-refractivity contribution in [1.29, 1.82) is 0 Å². The number of carbonyl (C=O) groups is 2. The third-order valence-corrected chi connectivity index (χ3v) is 7.05. The first-order valence-electron chi connectivity index (χ1n) is 9.41. The standard InChI is InChI=1S/C20H24Cl2N2O3/c1-27-16-3-2-14(5-15(16)21)24-17(25)10-23-18(26)19-6-12-4-13(7-19)9-20(22,8-12)11-19/h2-3,5,12-13H,4,6-11H2,1H3,(H,23,26)(H,24,25)/t12-,13+,19?,20?. The Morgan fingerprint density at radius 3 is 2.52 bits per heavy atom. The van der Waals surface area contributed by atoms with Crippen molar-refractivity contribution in [2.45, 2.75) is 43.4 Å². The molecule has 4 bridgehead atoms. The van der Waals surface area contributed by atoms with Crippen LogP contribution in [0.2, 0.25) is 5.02 Å². The number of carbonyl (C=O) groups excluding carboxylic acids is 2. The van der Waals surface area contributed by atoms with Gasteiger partial charge in [-0.15, -0.1) is 11.6 Å². The van der Waals surface area contributed by atoms with Gasteiger partial charge in [0.2, 0.25) is 11.8 Å². The number of halogens is 2. The Morgan fingerprint density at radius 1 is 1.22 bits per heavy atom. The highest BCUT2D eigenvalue weighted by Gasteiger charge is 2.60. The lowest BCUT2D eigenvalue weighted by Gasteiger charge is -2.59. The van der Waals surface area contributed by atoms with Crippen molar-refractivity contribution in [3.8, 4) is 5.75 Å². The summed E-state index contributed by atoms with van der Waals surface area (Å²) in [5.41, 5.74) is 0.171. The molecule has 7 heteroatoms. The summed E-state index contributed by atoms with van der Waals surface area (Å²) in [6, 6.07) is 5.02. The van der Waals surface area contributed by atoms with Gasteiger partial charge in [-0.2, -0.15) is 0 Å². The normalized spacial score (nSPS) is 33.6. The lowest BCUT2D eigenvalue weighted by atomic mass is 9.49. The van der Waals surface area contributed by atoms with E-state index in [9.17, 15) is 9.59 Å². The zero-order chi connectivity index (χ0) is 19.2. The first-order valence-corrected chi connectivity index (χ1v) is 10.2. The van der Waals surface area contributed by atoms with E-state index in [0.29, 0.717) is 28.3 Å². The Morgan fingerprint density at radius 2 is 1.93 bits per heavy atom. The molecule has 146 valence electrons. The maximum absolute atomic E-state index is 12.9. The molecule has 4 saturated carbocycles. The van der Waals surface area contributed by atoms with Crippen molar-refractivity contribution in [2.75, 3.05) is 19.0 Å². The summed E-state index contributed by atoms with van der Waals surface area (Å²) in [6.07, 6.45) is 5.79. The predicted octanol–water partition coefficient (Wildman–Crippen LogP) is 3.98. The van der Waals surface area contributed by atoms with Crippen LogP contribution in [0.25, 0.3) is 0 Å². The number of benzene rings is 1. The smallest absolute Gasteiger partial charge is 0.243 e. The number of methoxy groups -OCH3 is 1. The van der Waals surface area contributed by atoms with E-state index in [0.717, 1.165) is 32.1 Å². The molecule has 0 saturated heterocycles. The monoisotopic (exact) mass is 410 g/mol. The molecule has 0 spiro atoms. The highest BCUT2D eigenvalue weighted by atomic mass is 35.5. The van der Waals surface area contributed by atoms with E-state index in [1.165, 1.54) is 13.5 Å². The van der Waals surface area contributed by atoms with E-state index in [-0.39, 0.29) is 23.2 Å². The molecular formula is C20H24Cl2N2O3. The Balaban J connectivity index is 1.35. The summed E-state index contributed by atoms with van der Waals surface area (Å²) in [6.45, 7) is -0.0607. The zero-order valence-corrected chi connectivity index (χ0v) is 16.8. The van der Waals surface area contributed by atoms with Gasteiger partial charge in [0.05, 0.1) is 24.1 Å². The molecule has 5 nitrogen and oxygen atoms in total. The van der Waals surface area contributed by atoms with Crippen molar-refractivity contribution in [2.24, 2.45) is 17.3 Å². The lowest BCUT2D eigenvalue weighted by molar-refractivity contribution is -0.145. The molecule has 2 unspecified atom stereocenters. The molecule has 2 amide bonds. The van der Waals surface area contributed by atoms with E-state index in [2.05, 4.69) is 10.6 Å². The van der Waals surface area contributed by atoms with Gasteiger partial charge in [-0.1, -0.05) is 11.6 Å². The molecular weight excluding hydrogens is 387 g/mol. The second-order valence-electron chi connectivity index (χ2n) is 8.47. The van der Waals surface area contributed by atoms with Gasteiger partial charge in [0.1, 0.15) is 5.75 Å². The van der Waals surface area contributed by atoms with Crippen molar-refractivity contribution < 1.29 is 14.3 Å². The Labute approximate surface area is 169 Å². The molecule has 4 aliphatic rings. The van der Waals surface area contributed by atoms with Gasteiger partial charge in [0.25, 0.3) is 0 Å². The highest BCUT2D eigenvalue weighted by molar-refractivity contribution is 6.32. The lowest BCUT2D eigenvalue weighted by Crippen LogP contribution is -2.58. The molecule has 0 heterocycles. The summed E-state index contributed by atoms with van der Waals surface area (Å²) in [7, 11) is 1.53. The molecule has 2 N–H and O–H groups in total. The van der Waals surface area contributed by atoms with Crippen LogP contribution in [0.3, 0.4) is 0 Å². The first kappa shape index (κ1) is 18.9. The van der Waals surface area contributed by atoms with Gasteiger partial charge < -0.3 is 15.4 Å². The Hall–Kier alpha value is -1.46. The second kappa shape index (κ2) is 6.85. The summed E-state index contributed by atoms with van der Waals surface area (Å²) >= 11 is 12.9. The maximum atomic E-state index is 12.9.